The van der Waals surface area contributed by atoms with Gasteiger partial charge in [0.2, 0.25) is 11.8 Å². The summed E-state index contributed by atoms with van der Waals surface area (Å²) in [4.78, 5) is 6.75. The lowest BCUT2D eigenvalue weighted by atomic mass is 10.1. The van der Waals surface area contributed by atoms with Crippen molar-refractivity contribution in [2.75, 3.05) is 0 Å². The molecule has 0 saturated carbocycles. The number of azide groups is 1. The number of nitrogens with zero attached hydrogens (tertiary/aromatic N) is 6. The van der Waals surface area contributed by atoms with Crippen LogP contribution in [0.4, 0.5) is 5.69 Å². The van der Waals surface area contributed by atoms with Crippen LogP contribution in [0.2, 0.25) is 0 Å². The Balaban J connectivity index is 2.08. The molecule has 0 N–H and O–H groups in total. The van der Waals surface area contributed by atoms with Crippen molar-refractivity contribution in [3.63, 3.8) is 0 Å². The summed E-state index contributed by atoms with van der Waals surface area (Å²) in [7, 11) is 0. The number of pyridine rings is 1. The number of aryl methyl sites for hydroxylation is 1. The summed E-state index contributed by atoms with van der Waals surface area (Å²) in [5.41, 5.74) is 11.5. The highest BCUT2D eigenvalue weighted by molar-refractivity contribution is 5.71. The maximum atomic E-state index is 8.63. The van der Waals surface area contributed by atoms with Crippen molar-refractivity contribution in [2.45, 2.75) is 6.92 Å². The molecule has 7 heteroatoms. The molecule has 3 aromatic rings. The van der Waals surface area contributed by atoms with Crippen molar-refractivity contribution < 1.29 is 4.42 Å². The minimum Gasteiger partial charge on any atom is -0.416 e. The molecule has 1 aromatic carbocycles. The van der Waals surface area contributed by atoms with Crippen molar-refractivity contribution in [1.82, 2.24) is 15.2 Å². The van der Waals surface area contributed by atoms with E-state index in [1.807, 2.05) is 19.1 Å². The van der Waals surface area contributed by atoms with Crippen LogP contribution in [0.1, 0.15) is 5.56 Å². The molecule has 2 aromatic heterocycles. The molecule has 0 amide bonds. The van der Waals surface area contributed by atoms with Gasteiger partial charge >= 0.3 is 0 Å². The van der Waals surface area contributed by atoms with Crippen LogP contribution in [0.3, 0.4) is 0 Å². The molecule has 0 spiro atoms. The lowest BCUT2D eigenvalue weighted by Crippen LogP contribution is -1.81. The van der Waals surface area contributed by atoms with Gasteiger partial charge in [0.25, 0.3) is 0 Å². The van der Waals surface area contributed by atoms with Gasteiger partial charge in [-0.2, -0.15) is 0 Å². The second-order valence-corrected chi connectivity index (χ2v) is 4.36. The number of benzene rings is 1. The highest BCUT2D eigenvalue weighted by Crippen LogP contribution is 2.32. The highest BCUT2D eigenvalue weighted by atomic mass is 16.4. The predicted molar refractivity (Wildman–Crippen MR) is 76.5 cm³/mol. The Labute approximate surface area is 119 Å². The molecule has 0 atom stereocenters. The van der Waals surface area contributed by atoms with Crippen molar-refractivity contribution in [3.8, 4) is 22.9 Å². The molecule has 2 heterocycles. The van der Waals surface area contributed by atoms with Gasteiger partial charge in [0.05, 0.1) is 5.69 Å². The van der Waals surface area contributed by atoms with Gasteiger partial charge in [-0.25, -0.2) is 0 Å². The second kappa shape index (κ2) is 5.44. The molecule has 0 unspecified atom stereocenters. The summed E-state index contributed by atoms with van der Waals surface area (Å²) in [5, 5.41) is 11.7. The molecule has 3 rings (SSSR count). The fourth-order valence-electron chi connectivity index (χ4n) is 1.90. The third kappa shape index (κ3) is 2.58. The van der Waals surface area contributed by atoms with Crippen LogP contribution in [0.25, 0.3) is 33.4 Å². The molecular weight excluding hydrogens is 268 g/mol. The average molecular weight is 278 g/mol. The van der Waals surface area contributed by atoms with Crippen LogP contribution in [0, 0.1) is 6.92 Å². The Kier molecular flexibility index (Phi) is 3.32. The molecule has 0 aliphatic carbocycles. The molecule has 7 nitrogen and oxygen atoms in total. The maximum Gasteiger partial charge on any atom is 0.248 e. The van der Waals surface area contributed by atoms with E-state index >= 15 is 0 Å². The van der Waals surface area contributed by atoms with Gasteiger partial charge < -0.3 is 4.42 Å². The minimum atomic E-state index is 0.313. The topological polar surface area (TPSA) is 101 Å². The van der Waals surface area contributed by atoms with Crippen LogP contribution in [-0.4, -0.2) is 15.2 Å². The first-order chi connectivity index (χ1) is 10.3. The lowest BCUT2D eigenvalue weighted by molar-refractivity contribution is 0.584. The summed E-state index contributed by atoms with van der Waals surface area (Å²) in [6.45, 7) is 1.93. The third-order valence-corrected chi connectivity index (χ3v) is 2.89. The molecule has 0 aliphatic rings. The van der Waals surface area contributed by atoms with Crippen molar-refractivity contribution >= 4 is 5.69 Å². The Morgan fingerprint density at radius 1 is 1.10 bits per heavy atom. The van der Waals surface area contributed by atoms with Crippen LogP contribution >= 0.6 is 0 Å². The first kappa shape index (κ1) is 12.8. The number of hydrogen-bond acceptors (Lipinski definition) is 5. The van der Waals surface area contributed by atoms with E-state index in [0.717, 1.165) is 11.1 Å². The lowest BCUT2D eigenvalue weighted by Gasteiger charge is -2.01. The summed E-state index contributed by atoms with van der Waals surface area (Å²) >= 11 is 0. The minimum absolute atomic E-state index is 0.313. The number of hydrogen-bond donors (Lipinski definition) is 0. The molecule has 0 aliphatic heterocycles. The van der Waals surface area contributed by atoms with Crippen molar-refractivity contribution in [3.05, 3.63) is 58.7 Å². The highest BCUT2D eigenvalue weighted by Gasteiger charge is 2.13. The van der Waals surface area contributed by atoms with Gasteiger partial charge in [-0.3, -0.25) is 4.98 Å². The molecule has 0 bridgehead atoms. The molecule has 0 fully saturated rings. The first-order valence-electron chi connectivity index (χ1n) is 6.18. The SMILES string of the molecule is Cc1ccc(N=[N+]=[N-])c(-c2nnc(-c3ccncc3)o2)c1. The Hall–Kier alpha value is -3.18. The maximum absolute atomic E-state index is 8.63. The summed E-state index contributed by atoms with van der Waals surface area (Å²) in [6.07, 6.45) is 3.30. The van der Waals surface area contributed by atoms with E-state index in [2.05, 4.69) is 25.2 Å². The number of aromatic nitrogens is 3. The van der Waals surface area contributed by atoms with Gasteiger partial charge in [0.1, 0.15) is 0 Å². The summed E-state index contributed by atoms with van der Waals surface area (Å²) in [6, 6.07) is 8.98. The molecule has 21 heavy (non-hydrogen) atoms. The Morgan fingerprint density at radius 3 is 2.62 bits per heavy atom. The van der Waals surface area contributed by atoms with Gasteiger partial charge in [0.15, 0.2) is 0 Å². The van der Waals surface area contributed by atoms with E-state index < -0.39 is 0 Å². The van der Waals surface area contributed by atoms with Crippen molar-refractivity contribution in [2.24, 2.45) is 5.11 Å². The van der Waals surface area contributed by atoms with Gasteiger partial charge in [0, 0.05) is 28.4 Å². The van der Waals surface area contributed by atoms with Crippen LogP contribution in [0.15, 0.2) is 52.3 Å². The molecule has 0 saturated heterocycles. The number of rotatable bonds is 3. The summed E-state index contributed by atoms with van der Waals surface area (Å²) < 4.78 is 5.66. The van der Waals surface area contributed by atoms with E-state index in [-0.39, 0.29) is 0 Å². The van der Waals surface area contributed by atoms with E-state index in [4.69, 9.17) is 9.95 Å². The zero-order chi connectivity index (χ0) is 14.7. The molecule has 102 valence electrons. The monoisotopic (exact) mass is 278 g/mol. The normalized spacial score (nSPS) is 10.1. The van der Waals surface area contributed by atoms with Crippen LogP contribution in [0.5, 0.6) is 0 Å². The zero-order valence-electron chi connectivity index (χ0n) is 11.1. The van der Waals surface area contributed by atoms with Crippen LogP contribution < -0.4 is 0 Å². The first-order valence-corrected chi connectivity index (χ1v) is 6.18. The fraction of sp³-hybridized carbons (Fsp3) is 0.0714. The van der Waals surface area contributed by atoms with E-state index in [0.29, 0.717) is 23.0 Å². The smallest absolute Gasteiger partial charge is 0.248 e. The Morgan fingerprint density at radius 2 is 1.86 bits per heavy atom. The van der Waals surface area contributed by atoms with Crippen molar-refractivity contribution in [1.29, 1.82) is 0 Å². The summed E-state index contributed by atoms with van der Waals surface area (Å²) in [5.74, 6) is 0.703. The second-order valence-electron chi connectivity index (χ2n) is 4.36. The van der Waals surface area contributed by atoms with Crippen LogP contribution in [-0.2, 0) is 0 Å². The largest absolute Gasteiger partial charge is 0.416 e. The van der Waals surface area contributed by atoms with E-state index in [1.165, 1.54) is 0 Å². The van der Waals surface area contributed by atoms with Gasteiger partial charge in [-0.1, -0.05) is 22.8 Å². The molecule has 0 radical (unpaired) electrons. The predicted octanol–water partition coefficient (Wildman–Crippen LogP) is 4.05. The average Bonchev–Trinajstić information content (AvgIpc) is 3.00. The zero-order valence-corrected chi connectivity index (χ0v) is 11.1. The quantitative estimate of drug-likeness (QED) is 0.409. The Bertz CT molecular complexity index is 820. The van der Waals surface area contributed by atoms with E-state index in [1.54, 1.807) is 30.6 Å². The fourth-order valence-corrected chi connectivity index (χ4v) is 1.90. The van der Waals surface area contributed by atoms with Gasteiger partial charge in [-0.05, 0) is 30.7 Å². The van der Waals surface area contributed by atoms with Gasteiger partial charge in [-0.15, -0.1) is 10.2 Å². The molecular formula is C14H10N6O. The third-order valence-electron chi connectivity index (χ3n) is 2.89. The standard InChI is InChI=1S/C14H10N6O/c1-9-2-3-12(17-20-15)11(8-9)14-19-18-13(21-14)10-4-6-16-7-5-10/h2-8H,1H3. The van der Waals surface area contributed by atoms with E-state index in [9.17, 15) is 0 Å².